The van der Waals surface area contributed by atoms with Crippen molar-refractivity contribution < 1.29 is 13.9 Å². The maximum absolute atomic E-state index is 14.0. The molecular weight excluding hydrogens is 361 g/mol. The van der Waals surface area contributed by atoms with E-state index in [4.69, 9.17) is 9.47 Å². The molecule has 2 heterocycles. The predicted octanol–water partition coefficient (Wildman–Crippen LogP) is 3.03. The van der Waals surface area contributed by atoms with Crippen molar-refractivity contribution in [1.29, 1.82) is 0 Å². The van der Waals surface area contributed by atoms with Gasteiger partial charge in [-0.3, -0.25) is 9.98 Å². The van der Waals surface area contributed by atoms with Crippen molar-refractivity contribution in [2.75, 3.05) is 25.7 Å². The minimum atomic E-state index is -0.485. The van der Waals surface area contributed by atoms with Gasteiger partial charge in [0.25, 0.3) is 0 Å². The SMILES string of the molecule is C=N/C=C1\C(=N/Cc2ncccn2)CCN(c2cc(F)cc(OC)c2)C1OC. The lowest BCUT2D eigenvalue weighted by atomic mass is 9.99. The Morgan fingerprint density at radius 1 is 1.29 bits per heavy atom. The zero-order valence-electron chi connectivity index (χ0n) is 15.9. The molecule has 1 atom stereocenters. The molecule has 7 nitrogen and oxygen atoms in total. The third kappa shape index (κ3) is 4.40. The van der Waals surface area contributed by atoms with E-state index in [0.717, 1.165) is 11.3 Å². The number of halogens is 1. The van der Waals surface area contributed by atoms with E-state index < -0.39 is 6.23 Å². The zero-order valence-corrected chi connectivity index (χ0v) is 15.9. The van der Waals surface area contributed by atoms with Crippen molar-refractivity contribution in [3.63, 3.8) is 0 Å². The molecule has 1 aliphatic heterocycles. The molecule has 0 N–H and O–H groups in total. The summed E-state index contributed by atoms with van der Waals surface area (Å²) in [4.78, 5) is 18.9. The fraction of sp³-hybridized carbons (Fsp3) is 0.300. The van der Waals surface area contributed by atoms with E-state index in [9.17, 15) is 4.39 Å². The number of methoxy groups -OCH3 is 2. The van der Waals surface area contributed by atoms with E-state index in [1.165, 1.54) is 19.2 Å². The normalized spacial score (nSPS) is 19.8. The second-order valence-electron chi connectivity index (χ2n) is 6.08. The van der Waals surface area contributed by atoms with E-state index in [1.54, 1.807) is 37.8 Å². The third-order valence-electron chi connectivity index (χ3n) is 4.38. The zero-order chi connectivity index (χ0) is 19.9. The van der Waals surface area contributed by atoms with Crippen molar-refractivity contribution in [2.24, 2.45) is 9.98 Å². The molecule has 0 bridgehead atoms. The number of ether oxygens (including phenoxy) is 2. The summed E-state index contributed by atoms with van der Waals surface area (Å²) in [7, 11) is 3.10. The number of benzene rings is 1. The Bertz CT molecular complexity index is 885. The largest absolute Gasteiger partial charge is 0.497 e. The van der Waals surface area contributed by atoms with Gasteiger partial charge in [0.2, 0.25) is 0 Å². The number of piperidine rings is 1. The Morgan fingerprint density at radius 2 is 2.07 bits per heavy atom. The molecule has 146 valence electrons. The molecule has 1 fully saturated rings. The maximum atomic E-state index is 14.0. The topological polar surface area (TPSA) is 72.2 Å². The first-order valence-electron chi connectivity index (χ1n) is 8.75. The van der Waals surface area contributed by atoms with Crippen LogP contribution in [-0.4, -0.2) is 49.4 Å². The van der Waals surface area contributed by atoms with Crippen LogP contribution in [0.4, 0.5) is 10.1 Å². The summed E-state index contributed by atoms with van der Waals surface area (Å²) in [6.07, 6.45) is 5.14. The van der Waals surface area contributed by atoms with Crippen molar-refractivity contribution in [3.8, 4) is 5.75 Å². The van der Waals surface area contributed by atoms with Crippen LogP contribution in [0.3, 0.4) is 0 Å². The molecule has 0 radical (unpaired) electrons. The summed E-state index contributed by atoms with van der Waals surface area (Å²) in [6, 6.07) is 6.32. The van der Waals surface area contributed by atoms with Gasteiger partial charge in [-0.1, -0.05) is 0 Å². The van der Waals surface area contributed by atoms with Crippen molar-refractivity contribution >= 4 is 18.1 Å². The Labute approximate surface area is 163 Å². The van der Waals surface area contributed by atoms with Crippen molar-refractivity contribution in [1.82, 2.24) is 9.97 Å². The van der Waals surface area contributed by atoms with Gasteiger partial charge >= 0.3 is 0 Å². The second kappa shape index (κ2) is 9.18. The highest BCUT2D eigenvalue weighted by atomic mass is 19.1. The van der Waals surface area contributed by atoms with Crippen LogP contribution in [0.25, 0.3) is 0 Å². The first kappa shape index (κ1) is 19.6. The molecule has 1 aromatic carbocycles. The smallest absolute Gasteiger partial charge is 0.159 e. The molecule has 2 aromatic rings. The number of nitrogens with zero attached hydrogens (tertiary/aromatic N) is 5. The van der Waals surface area contributed by atoms with Gasteiger partial charge in [0.15, 0.2) is 6.23 Å². The molecule has 0 aliphatic carbocycles. The fourth-order valence-electron chi connectivity index (χ4n) is 3.13. The van der Waals surface area contributed by atoms with Crippen LogP contribution >= 0.6 is 0 Å². The number of anilines is 1. The lowest BCUT2D eigenvalue weighted by Gasteiger charge is -2.38. The Hall–Kier alpha value is -3.13. The number of hydrogen-bond acceptors (Lipinski definition) is 7. The number of rotatable bonds is 6. The molecule has 0 amide bonds. The average molecular weight is 383 g/mol. The predicted molar refractivity (Wildman–Crippen MR) is 107 cm³/mol. The minimum Gasteiger partial charge on any atom is -0.497 e. The first-order chi connectivity index (χ1) is 13.7. The Kier molecular flexibility index (Phi) is 6.44. The molecule has 1 saturated heterocycles. The Balaban J connectivity index is 1.91. The summed E-state index contributed by atoms with van der Waals surface area (Å²) in [5, 5.41) is 0. The molecule has 8 heteroatoms. The first-order valence-corrected chi connectivity index (χ1v) is 8.75. The van der Waals surface area contributed by atoms with Crippen LogP contribution < -0.4 is 9.64 Å². The van der Waals surface area contributed by atoms with Crippen LogP contribution in [0.1, 0.15) is 12.2 Å². The summed E-state index contributed by atoms with van der Waals surface area (Å²) < 4.78 is 24.9. The standard InChI is InChI=1S/C20H22FN5O2/c1-22-12-17-18(25-13-19-23-6-4-7-24-19)5-8-26(20(17)28-3)15-9-14(21)10-16(11-15)27-2/h4,6-7,9-12,20H,1,5,8,13H2,2-3H3/b17-12+,25-18-. The average Bonchev–Trinajstić information content (AvgIpc) is 2.72. The van der Waals surface area contributed by atoms with Gasteiger partial charge in [0.1, 0.15) is 17.4 Å². The van der Waals surface area contributed by atoms with Gasteiger partial charge in [0, 0.05) is 67.8 Å². The summed E-state index contributed by atoms with van der Waals surface area (Å²) in [6.45, 7) is 4.50. The molecule has 0 saturated carbocycles. The molecule has 28 heavy (non-hydrogen) atoms. The highest BCUT2D eigenvalue weighted by Gasteiger charge is 2.31. The van der Waals surface area contributed by atoms with Crippen LogP contribution in [0.15, 0.2) is 58.4 Å². The fourth-order valence-corrected chi connectivity index (χ4v) is 3.13. The van der Waals surface area contributed by atoms with Crippen LogP contribution in [0.2, 0.25) is 0 Å². The van der Waals surface area contributed by atoms with E-state index in [2.05, 4.69) is 26.7 Å². The van der Waals surface area contributed by atoms with Crippen LogP contribution in [0.5, 0.6) is 5.75 Å². The number of aliphatic imine (C=N–C) groups is 2. The van der Waals surface area contributed by atoms with E-state index >= 15 is 0 Å². The molecule has 1 aromatic heterocycles. The number of hydrogen-bond donors (Lipinski definition) is 0. The lowest BCUT2D eigenvalue weighted by Crippen LogP contribution is -2.46. The molecule has 0 spiro atoms. The van der Waals surface area contributed by atoms with E-state index in [-0.39, 0.29) is 5.82 Å². The maximum Gasteiger partial charge on any atom is 0.159 e. The lowest BCUT2D eigenvalue weighted by molar-refractivity contribution is 0.128. The summed E-state index contributed by atoms with van der Waals surface area (Å²) in [5.74, 6) is 0.697. The van der Waals surface area contributed by atoms with Gasteiger partial charge in [-0.15, -0.1) is 0 Å². The van der Waals surface area contributed by atoms with E-state index in [0.29, 0.717) is 36.8 Å². The summed E-state index contributed by atoms with van der Waals surface area (Å²) >= 11 is 0. The van der Waals surface area contributed by atoms with Gasteiger partial charge in [0.05, 0.1) is 13.7 Å². The highest BCUT2D eigenvalue weighted by Crippen LogP contribution is 2.31. The monoisotopic (exact) mass is 383 g/mol. The van der Waals surface area contributed by atoms with Crippen LogP contribution in [-0.2, 0) is 11.3 Å². The van der Waals surface area contributed by atoms with E-state index in [1.807, 2.05) is 4.90 Å². The minimum absolute atomic E-state index is 0.356. The van der Waals surface area contributed by atoms with Gasteiger partial charge in [-0.2, -0.15) is 0 Å². The molecule has 1 aliphatic rings. The third-order valence-corrected chi connectivity index (χ3v) is 4.38. The van der Waals surface area contributed by atoms with Crippen LogP contribution in [0, 0.1) is 5.82 Å². The Morgan fingerprint density at radius 3 is 2.75 bits per heavy atom. The highest BCUT2D eigenvalue weighted by molar-refractivity contribution is 6.03. The van der Waals surface area contributed by atoms with Crippen molar-refractivity contribution in [3.05, 3.63) is 60.1 Å². The van der Waals surface area contributed by atoms with Gasteiger partial charge in [-0.25, -0.2) is 14.4 Å². The van der Waals surface area contributed by atoms with Gasteiger partial charge in [-0.05, 0) is 18.9 Å². The summed E-state index contributed by atoms with van der Waals surface area (Å²) in [5.41, 5.74) is 2.26. The number of aromatic nitrogens is 2. The molecule has 1 unspecified atom stereocenters. The second-order valence-corrected chi connectivity index (χ2v) is 6.08. The quantitative estimate of drug-likeness (QED) is 0.717. The molecular formula is C20H22FN5O2. The molecule has 3 rings (SSSR count). The van der Waals surface area contributed by atoms with Crippen molar-refractivity contribution in [2.45, 2.75) is 19.2 Å². The van der Waals surface area contributed by atoms with Gasteiger partial charge < -0.3 is 14.4 Å².